The van der Waals surface area contributed by atoms with E-state index in [0.717, 1.165) is 77.2 Å². The number of unbranched alkanes of at least 4 members (excludes halogenated alkanes) is 3. The van der Waals surface area contributed by atoms with Crippen molar-refractivity contribution < 1.29 is 9.53 Å². The summed E-state index contributed by atoms with van der Waals surface area (Å²) in [5.41, 5.74) is 0.847. The molecule has 0 aromatic heterocycles. The van der Waals surface area contributed by atoms with Crippen molar-refractivity contribution >= 4 is 35.9 Å². The molecular weight excluding hydrogens is 491 g/mol. The number of nitrogens with zero attached hydrogens (tertiary/aromatic N) is 2. The molecule has 0 aromatic carbocycles. The highest BCUT2D eigenvalue weighted by molar-refractivity contribution is 14.0. The SMILES string of the molecule is C=C(C)CN1CCC(NC(=NCCCCCCC(=O)OC(C)(C)C)NCC)CC1.I. The molecule has 176 valence electrons. The number of piperidine rings is 1. The molecule has 7 heteroatoms. The van der Waals surface area contributed by atoms with E-state index in [4.69, 9.17) is 9.73 Å². The molecule has 0 bridgehead atoms. The van der Waals surface area contributed by atoms with Gasteiger partial charge in [-0.1, -0.05) is 25.0 Å². The van der Waals surface area contributed by atoms with Crippen LogP contribution in [0.4, 0.5) is 0 Å². The van der Waals surface area contributed by atoms with Crippen LogP contribution in [0.3, 0.4) is 0 Å². The van der Waals surface area contributed by atoms with E-state index in [9.17, 15) is 4.79 Å². The number of likely N-dealkylation sites (tertiary alicyclic amines) is 1. The van der Waals surface area contributed by atoms with Gasteiger partial charge in [-0.3, -0.25) is 14.7 Å². The minimum atomic E-state index is -0.386. The molecule has 0 atom stereocenters. The van der Waals surface area contributed by atoms with E-state index in [1.807, 2.05) is 20.8 Å². The standard InChI is InChI=1S/C23H44N4O2.HI/c1-7-24-22(26-20-13-16-27(17-14-20)18-19(2)3)25-15-11-9-8-10-12-21(28)29-23(4,5)6;/h20H,2,7-18H2,1,3-6H3,(H2,24,25,26);1H. The zero-order valence-corrected chi connectivity index (χ0v) is 22.2. The fraction of sp³-hybridized carbons (Fsp3) is 0.826. The second-order valence-electron chi connectivity index (χ2n) is 9.16. The number of hydrogen-bond acceptors (Lipinski definition) is 4. The molecule has 0 saturated carbocycles. The van der Waals surface area contributed by atoms with Crippen molar-refractivity contribution in [2.24, 2.45) is 4.99 Å². The fourth-order valence-corrected chi connectivity index (χ4v) is 3.45. The van der Waals surface area contributed by atoms with Gasteiger partial charge in [0.2, 0.25) is 0 Å². The Morgan fingerprint density at radius 1 is 1.17 bits per heavy atom. The average molecular weight is 537 g/mol. The topological polar surface area (TPSA) is 66.0 Å². The van der Waals surface area contributed by atoms with Crippen LogP contribution in [0, 0.1) is 0 Å². The van der Waals surface area contributed by atoms with Gasteiger partial charge in [-0.05, 0) is 60.3 Å². The minimum Gasteiger partial charge on any atom is -0.460 e. The maximum absolute atomic E-state index is 11.7. The highest BCUT2D eigenvalue weighted by Gasteiger charge is 2.19. The molecule has 1 heterocycles. The summed E-state index contributed by atoms with van der Waals surface area (Å²) in [6.45, 7) is 18.9. The first-order valence-corrected chi connectivity index (χ1v) is 11.3. The molecule has 30 heavy (non-hydrogen) atoms. The third-order valence-electron chi connectivity index (χ3n) is 4.75. The van der Waals surface area contributed by atoms with E-state index in [1.54, 1.807) is 0 Å². The van der Waals surface area contributed by atoms with Crippen LogP contribution < -0.4 is 10.6 Å². The van der Waals surface area contributed by atoms with Crippen LogP contribution in [0.15, 0.2) is 17.1 Å². The molecule has 2 N–H and O–H groups in total. The van der Waals surface area contributed by atoms with Crippen molar-refractivity contribution in [3.63, 3.8) is 0 Å². The van der Waals surface area contributed by atoms with E-state index in [0.29, 0.717) is 12.5 Å². The zero-order chi connectivity index (χ0) is 21.7. The highest BCUT2D eigenvalue weighted by atomic mass is 127. The molecule has 0 amide bonds. The average Bonchev–Trinajstić information content (AvgIpc) is 2.60. The van der Waals surface area contributed by atoms with Gasteiger partial charge in [-0.2, -0.15) is 0 Å². The largest absolute Gasteiger partial charge is 0.460 e. The Bertz CT molecular complexity index is 524. The number of nitrogens with one attached hydrogen (secondary N) is 2. The summed E-state index contributed by atoms with van der Waals surface area (Å²) in [7, 11) is 0. The molecule has 0 aliphatic carbocycles. The lowest BCUT2D eigenvalue weighted by Gasteiger charge is -2.33. The van der Waals surface area contributed by atoms with Gasteiger partial charge in [0.1, 0.15) is 5.60 Å². The van der Waals surface area contributed by atoms with Crippen LogP contribution in [-0.2, 0) is 9.53 Å². The highest BCUT2D eigenvalue weighted by Crippen LogP contribution is 2.12. The third-order valence-corrected chi connectivity index (χ3v) is 4.75. The lowest BCUT2D eigenvalue weighted by molar-refractivity contribution is -0.154. The quantitative estimate of drug-likeness (QED) is 0.102. The van der Waals surface area contributed by atoms with Crippen molar-refractivity contribution in [1.29, 1.82) is 0 Å². The third kappa shape index (κ3) is 15.0. The second-order valence-corrected chi connectivity index (χ2v) is 9.16. The number of guanidine groups is 1. The molecule has 0 radical (unpaired) electrons. The summed E-state index contributed by atoms with van der Waals surface area (Å²) in [4.78, 5) is 18.9. The number of aliphatic imine (C=N–C) groups is 1. The lowest BCUT2D eigenvalue weighted by Crippen LogP contribution is -2.48. The zero-order valence-electron chi connectivity index (χ0n) is 19.9. The van der Waals surface area contributed by atoms with Gasteiger partial charge in [-0.25, -0.2) is 0 Å². The van der Waals surface area contributed by atoms with Crippen LogP contribution in [0.25, 0.3) is 0 Å². The van der Waals surface area contributed by atoms with Gasteiger partial charge in [0.15, 0.2) is 5.96 Å². The van der Waals surface area contributed by atoms with Crippen LogP contribution >= 0.6 is 24.0 Å². The maximum atomic E-state index is 11.7. The van der Waals surface area contributed by atoms with E-state index in [2.05, 4.69) is 36.0 Å². The number of rotatable bonds is 11. The van der Waals surface area contributed by atoms with Crippen molar-refractivity contribution in [1.82, 2.24) is 15.5 Å². The van der Waals surface area contributed by atoms with Gasteiger partial charge >= 0.3 is 5.97 Å². The molecule has 1 aliphatic heterocycles. The molecule has 1 aliphatic rings. The van der Waals surface area contributed by atoms with Gasteiger partial charge in [0.05, 0.1) is 0 Å². The summed E-state index contributed by atoms with van der Waals surface area (Å²) in [6, 6.07) is 0.489. The molecule has 0 unspecified atom stereocenters. The number of esters is 1. The van der Waals surface area contributed by atoms with E-state index in [1.165, 1.54) is 5.57 Å². The van der Waals surface area contributed by atoms with E-state index < -0.39 is 0 Å². The van der Waals surface area contributed by atoms with Gasteiger partial charge in [0.25, 0.3) is 0 Å². The van der Waals surface area contributed by atoms with Crippen LogP contribution in [-0.4, -0.2) is 61.2 Å². The van der Waals surface area contributed by atoms with Crippen LogP contribution in [0.5, 0.6) is 0 Å². The first kappa shape index (κ1) is 29.2. The second kappa shape index (κ2) is 15.9. The number of halogens is 1. The van der Waals surface area contributed by atoms with Crippen molar-refractivity contribution in [2.75, 3.05) is 32.7 Å². The van der Waals surface area contributed by atoms with Crippen molar-refractivity contribution in [3.8, 4) is 0 Å². The summed E-state index contributed by atoms with van der Waals surface area (Å²) >= 11 is 0. The molecule has 1 fully saturated rings. The summed E-state index contributed by atoms with van der Waals surface area (Å²) in [5.74, 6) is 0.836. The molecule has 1 saturated heterocycles. The number of ether oxygens (including phenoxy) is 1. The Hall–Kier alpha value is -0.830. The Balaban J connectivity index is 0.00000841. The smallest absolute Gasteiger partial charge is 0.306 e. The van der Waals surface area contributed by atoms with Crippen LogP contribution in [0.1, 0.15) is 79.6 Å². The predicted molar refractivity (Wildman–Crippen MR) is 138 cm³/mol. The van der Waals surface area contributed by atoms with E-state index in [-0.39, 0.29) is 35.5 Å². The van der Waals surface area contributed by atoms with Gasteiger partial charge < -0.3 is 15.4 Å². The van der Waals surface area contributed by atoms with Gasteiger partial charge in [0, 0.05) is 45.2 Å². The van der Waals surface area contributed by atoms with Crippen molar-refractivity contribution in [2.45, 2.75) is 91.2 Å². The van der Waals surface area contributed by atoms with Gasteiger partial charge in [-0.15, -0.1) is 24.0 Å². The normalized spacial score (nSPS) is 16.0. The summed E-state index contributed by atoms with van der Waals surface area (Å²) < 4.78 is 5.34. The minimum absolute atomic E-state index is 0. The molecular formula is C23H45IN4O2. The Kier molecular flexibility index (Phi) is 15.5. The molecule has 0 spiro atoms. The van der Waals surface area contributed by atoms with Crippen molar-refractivity contribution in [3.05, 3.63) is 12.2 Å². The van der Waals surface area contributed by atoms with Crippen LogP contribution in [0.2, 0.25) is 0 Å². The monoisotopic (exact) mass is 536 g/mol. The lowest BCUT2D eigenvalue weighted by atomic mass is 10.0. The first-order chi connectivity index (χ1) is 13.7. The fourth-order valence-electron chi connectivity index (χ4n) is 3.45. The number of carbonyl (C=O) groups excluding carboxylic acids is 1. The molecule has 1 rings (SSSR count). The Morgan fingerprint density at radius 3 is 2.37 bits per heavy atom. The van der Waals surface area contributed by atoms with E-state index >= 15 is 0 Å². The predicted octanol–water partition coefficient (Wildman–Crippen LogP) is 4.49. The summed E-state index contributed by atoms with van der Waals surface area (Å²) in [6.07, 6.45) is 6.85. The Labute approximate surface area is 201 Å². The molecule has 6 nitrogen and oxygen atoms in total. The molecule has 0 aromatic rings. The Morgan fingerprint density at radius 2 is 1.80 bits per heavy atom. The number of hydrogen-bond donors (Lipinski definition) is 2. The summed E-state index contributed by atoms with van der Waals surface area (Å²) in [5, 5.41) is 6.96. The maximum Gasteiger partial charge on any atom is 0.306 e. The first-order valence-electron chi connectivity index (χ1n) is 11.3. The number of carbonyl (C=O) groups is 1.